The first-order valence-corrected chi connectivity index (χ1v) is 7.31. The quantitative estimate of drug-likeness (QED) is 0.735. The molecule has 19 heavy (non-hydrogen) atoms. The first-order valence-electron chi connectivity index (χ1n) is 5.82. The van der Waals surface area contributed by atoms with E-state index in [1.165, 1.54) is 14.2 Å². The number of anilines is 1. The van der Waals surface area contributed by atoms with Gasteiger partial charge >= 0.3 is 0 Å². The van der Waals surface area contributed by atoms with Crippen LogP contribution in [0.3, 0.4) is 0 Å². The molecule has 1 atom stereocenters. The average molecular weight is 288 g/mol. The van der Waals surface area contributed by atoms with Crippen molar-refractivity contribution >= 4 is 15.7 Å². The van der Waals surface area contributed by atoms with Gasteiger partial charge in [-0.2, -0.15) is 0 Å². The molecule has 0 aliphatic carbocycles. The summed E-state index contributed by atoms with van der Waals surface area (Å²) in [4.78, 5) is 0.221. The lowest BCUT2D eigenvalue weighted by Crippen LogP contribution is -2.35. The summed E-state index contributed by atoms with van der Waals surface area (Å²) in [5.74, 6) is 0. The molecule has 1 aromatic carbocycles. The SMILES string of the molecule is CNc1ccc(S(=O)(=O)NCC(COC)OC)cc1. The molecule has 1 unspecified atom stereocenters. The molecule has 0 aliphatic rings. The molecule has 0 spiro atoms. The van der Waals surface area contributed by atoms with Crippen LogP contribution in [0.4, 0.5) is 5.69 Å². The zero-order chi connectivity index (χ0) is 14.3. The van der Waals surface area contributed by atoms with Crippen LogP contribution in [0.5, 0.6) is 0 Å². The van der Waals surface area contributed by atoms with Crippen LogP contribution in [-0.4, -0.2) is 48.9 Å². The Balaban J connectivity index is 2.69. The number of sulfonamides is 1. The Kier molecular flexibility index (Phi) is 6.23. The van der Waals surface area contributed by atoms with Crippen LogP contribution >= 0.6 is 0 Å². The molecule has 1 rings (SSSR count). The maximum atomic E-state index is 12.0. The van der Waals surface area contributed by atoms with Gasteiger partial charge in [0.2, 0.25) is 10.0 Å². The fraction of sp³-hybridized carbons (Fsp3) is 0.500. The van der Waals surface area contributed by atoms with Gasteiger partial charge in [-0.25, -0.2) is 13.1 Å². The average Bonchev–Trinajstić information content (AvgIpc) is 2.43. The highest BCUT2D eigenvalue weighted by molar-refractivity contribution is 7.89. The van der Waals surface area contributed by atoms with Crippen molar-refractivity contribution in [3.05, 3.63) is 24.3 Å². The van der Waals surface area contributed by atoms with Crippen LogP contribution in [0.15, 0.2) is 29.2 Å². The van der Waals surface area contributed by atoms with E-state index in [4.69, 9.17) is 9.47 Å². The van der Waals surface area contributed by atoms with Crippen LogP contribution < -0.4 is 10.0 Å². The molecule has 0 amide bonds. The lowest BCUT2D eigenvalue weighted by molar-refractivity contribution is 0.0320. The van der Waals surface area contributed by atoms with Gasteiger partial charge in [0.05, 0.1) is 17.6 Å². The van der Waals surface area contributed by atoms with E-state index < -0.39 is 10.0 Å². The van der Waals surface area contributed by atoms with Gasteiger partial charge in [0.1, 0.15) is 0 Å². The molecule has 0 aliphatic heterocycles. The first kappa shape index (κ1) is 15.9. The lowest BCUT2D eigenvalue weighted by Gasteiger charge is -2.15. The van der Waals surface area contributed by atoms with E-state index >= 15 is 0 Å². The number of nitrogens with one attached hydrogen (secondary N) is 2. The Labute approximate surface area is 114 Å². The van der Waals surface area contributed by atoms with Crippen molar-refractivity contribution in [1.82, 2.24) is 4.72 Å². The summed E-state index contributed by atoms with van der Waals surface area (Å²) in [6.07, 6.45) is -0.309. The first-order chi connectivity index (χ1) is 9.03. The predicted molar refractivity (Wildman–Crippen MR) is 73.9 cm³/mol. The van der Waals surface area contributed by atoms with E-state index in [0.717, 1.165) is 5.69 Å². The Morgan fingerprint density at radius 1 is 1.21 bits per heavy atom. The van der Waals surface area contributed by atoms with Gasteiger partial charge in [0, 0.05) is 33.5 Å². The molecule has 0 radical (unpaired) electrons. The van der Waals surface area contributed by atoms with Gasteiger partial charge < -0.3 is 14.8 Å². The van der Waals surface area contributed by atoms with Crippen molar-refractivity contribution in [2.75, 3.05) is 39.7 Å². The summed E-state index contributed by atoms with van der Waals surface area (Å²) in [6.45, 7) is 0.498. The largest absolute Gasteiger partial charge is 0.388 e. The van der Waals surface area contributed by atoms with Crippen molar-refractivity contribution in [1.29, 1.82) is 0 Å². The predicted octanol–water partition coefficient (Wildman–Crippen LogP) is 0.668. The molecule has 0 bridgehead atoms. The molecule has 0 fully saturated rings. The maximum Gasteiger partial charge on any atom is 0.240 e. The molecular weight excluding hydrogens is 268 g/mol. The molecule has 2 N–H and O–H groups in total. The van der Waals surface area contributed by atoms with Crippen LogP contribution in [0.25, 0.3) is 0 Å². The van der Waals surface area contributed by atoms with Crippen molar-refractivity contribution in [2.24, 2.45) is 0 Å². The van der Waals surface area contributed by atoms with Crippen molar-refractivity contribution in [3.8, 4) is 0 Å². The Morgan fingerprint density at radius 2 is 1.84 bits per heavy atom. The summed E-state index contributed by atoms with van der Waals surface area (Å²) < 4.78 is 36.6. The summed E-state index contributed by atoms with van der Waals surface area (Å²) in [6, 6.07) is 6.51. The van der Waals surface area contributed by atoms with E-state index in [1.54, 1.807) is 31.3 Å². The maximum absolute atomic E-state index is 12.0. The zero-order valence-electron chi connectivity index (χ0n) is 11.3. The number of benzene rings is 1. The molecule has 0 aromatic heterocycles. The lowest BCUT2D eigenvalue weighted by atomic mass is 10.3. The molecule has 1 aromatic rings. The monoisotopic (exact) mass is 288 g/mol. The molecule has 6 nitrogen and oxygen atoms in total. The molecular formula is C12H20N2O4S. The van der Waals surface area contributed by atoms with Gasteiger partial charge in [-0.15, -0.1) is 0 Å². The Hall–Kier alpha value is -1.15. The summed E-state index contributed by atoms with van der Waals surface area (Å²) >= 11 is 0. The van der Waals surface area contributed by atoms with Gasteiger partial charge in [-0.05, 0) is 24.3 Å². The topological polar surface area (TPSA) is 76.7 Å². The minimum absolute atomic E-state index is 0.167. The number of hydrogen-bond acceptors (Lipinski definition) is 5. The third-order valence-electron chi connectivity index (χ3n) is 2.64. The fourth-order valence-corrected chi connectivity index (χ4v) is 2.55. The van der Waals surface area contributed by atoms with E-state index in [9.17, 15) is 8.42 Å². The van der Waals surface area contributed by atoms with Crippen LogP contribution in [-0.2, 0) is 19.5 Å². The highest BCUT2D eigenvalue weighted by Gasteiger charge is 2.16. The second kappa shape index (κ2) is 7.44. The Bertz CT molecular complexity index is 473. The second-order valence-corrected chi connectivity index (χ2v) is 5.71. The van der Waals surface area contributed by atoms with Gasteiger partial charge in [0.15, 0.2) is 0 Å². The van der Waals surface area contributed by atoms with Gasteiger partial charge in [-0.3, -0.25) is 0 Å². The highest BCUT2D eigenvalue weighted by atomic mass is 32.2. The molecule has 0 saturated carbocycles. The number of ether oxygens (including phenoxy) is 2. The van der Waals surface area contributed by atoms with Crippen molar-refractivity contribution in [2.45, 2.75) is 11.0 Å². The zero-order valence-corrected chi connectivity index (χ0v) is 12.2. The minimum atomic E-state index is -3.52. The summed E-state index contributed by atoms with van der Waals surface area (Å²) in [7, 11) is 1.30. The molecule has 108 valence electrons. The molecule has 0 heterocycles. The third kappa shape index (κ3) is 4.79. The number of methoxy groups -OCH3 is 2. The van der Waals surface area contributed by atoms with Crippen LogP contribution in [0.1, 0.15) is 0 Å². The van der Waals surface area contributed by atoms with Gasteiger partial charge in [-0.1, -0.05) is 0 Å². The van der Waals surface area contributed by atoms with Crippen molar-refractivity contribution in [3.63, 3.8) is 0 Å². The smallest absolute Gasteiger partial charge is 0.240 e. The van der Waals surface area contributed by atoms with E-state index in [0.29, 0.717) is 6.61 Å². The normalized spacial score (nSPS) is 13.2. The van der Waals surface area contributed by atoms with E-state index in [-0.39, 0.29) is 17.5 Å². The summed E-state index contributed by atoms with van der Waals surface area (Å²) in [5.41, 5.74) is 0.855. The van der Waals surface area contributed by atoms with Crippen LogP contribution in [0.2, 0.25) is 0 Å². The Morgan fingerprint density at radius 3 is 2.32 bits per heavy atom. The molecule has 0 saturated heterocycles. The fourth-order valence-electron chi connectivity index (χ4n) is 1.48. The highest BCUT2D eigenvalue weighted by Crippen LogP contribution is 2.13. The standard InChI is InChI=1S/C12H20N2O4S/c1-13-10-4-6-12(7-5-10)19(15,16)14-8-11(18-3)9-17-2/h4-7,11,13-14H,8-9H2,1-3H3. The summed E-state index contributed by atoms with van der Waals surface area (Å²) in [5, 5.41) is 2.93. The van der Waals surface area contributed by atoms with Crippen LogP contribution in [0, 0.1) is 0 Å². The number of hydrogen-bond donors (Lipinski definition) is 2. The third-order valence-corrected chi connectivity index (χ3v) is 4.08. The second-order valence-electron chi connectivity index (χ2n) is 3.94. The number of rotatable bonds is 8. The minimum Gasteiger partial charge on any atom is -0.388 e. The van der Waals surface area contributed by atoms with E-state index in [2.05, 4.69) is 10.0 Å². The van der Waals surface area contributed by atoms with Crippen molar-refractivity contribution < 1.29 is 17.9 Å². The molecule has 7 heteroatoms. The van der Waals surface area contributed by atoms with E-state index in [1.807, 2.05) is 0 Å². The van der Waals surface area contributed by atoms with Gasteiger partial charge in [0.25, 0.3) is 0 Å².